The van der Waals surface area contributed by atoms with E-state index in [0.29, 0.717) is 11.8 Å². The van der Waals surface area contributed by atoms with Crippen molar-refractivity contribution in [2.75, 3.05) is 0 Å². The van der Waals surface area contributed by atoms with Crippen LogP contribution < -0.4 is 0 Å². The summed E-state index contributed by atoms with van der Waals surface area (Å²) in [4.78, 5) is 0. The SMILES string of the molecule is CC1(C)O[C@@H]2C3c4ccccc4C(c4ccccc43)[C@@H]2O1. The molecule has 2 aromatic carbocycles. The number of hydrogen-bond donors (Lipinski definition) is 0. The lowest BCUT2D eigenvalue weighted by atomic mass is 9.61. The molecular formula is C19H18O2. The minimum Gasteiger partial charge on any atom is -0.344 e. The van der Waals surface area contributed by atoms with Crippen LogP contribution >= 0.6 is 0 Å². The van der Waals surface area contributed by atoms with Crippen LogP contribution in [0.5, 0.6) is 0 Å². The van der Waals surface area contributed by atoms with Crippen molar-refractivity contribution < 1.29 is 9.47 Å². The van der Waals surface area contributed by atoms with Crippen molar-refractivity contribution in [1.29, 1.82) is 0 Å². The van der Waals surface area contributed by atoms with Gasteiger partial charge in [0, 0.05) is 11.8 Å². The zero-order chi connectivity index (χ0) is 14.2. The maximum atomic E-state index is 6.28. The molecule has 0 unspecified atom stereocenters. The van der Waals surface area contributed by atoms with Crippen LogP contribution in [-0.4, -0.2) is 18.0 Å². The van der Waals surface area contributed by atoms with Gasteiger partial charge in [-0.3, -0.25) is 0 Å². The van der Waals surface area contributed by atoms with Gasteiger partial charge in [0.05, 0.1) is 12.2 Å². The minimum absolute atomic E-state index is 0.134. The van der Waals surface area contributed by atoms with Crippen LogP contribution in [0.3, 0.4) is 0 Å². The molecule has 6 rings (SSSR count). The van der Waals surface area contributed by atoms with Crippen LogP contribution in [0, 0.1) is 0 Å². The third-order valence-electron chi connectivity index (χ3n) is 5.15. The number of rotatable bonds is 0. The normalized spacial score (nSPS) is 34.2. The fourth-order valence-corrected chi connectivity index (χ4v) is 4.53. The first-order chi connectivity index (χ1) is 10.2. The van der Waals surface area contributed by atoms with Crippen LogP contribution in [0.15, 0.2) is 48.5 Å². The molecule has 2 aromatic rings. The Morgan fingerprint density at radius 2 is 1.00 bits per heavy atom. The maximum Gasteiger partial charge on any atom is 0.163 e. The Morgan fingerprint density at radius 3 is 1.33 bits per heavy atom. The van der Waals surface area contributed by atoms with Gasteiger partial charge in [0.25, 0.3) is 0 Å². The lowest BCUT2D eigenvalue weighted by molar-refractivity contribution is -0.146. The first-order valence-corrected chi connectivity index (χ1v) is 7.69. The van der Waals surface area contributed by atoms with Crippen LogP contribution in [0.4, 0.5) is 0 Å². The van der Waals surface area contributed by atoms with Gasteiger partial charge >= 0.3 is 0 Å². The average Bonchev–Trinajstić information content (AvgIpc) is 2.81. The van der Waals surface area contributed by atoms with E-state index in [1.165, 1.54) is 22.3 Å². The molecule has 21 heavy (non-hydrogen) atoms. The highest BCUT2D eigenvalue weighted by atomic mass is 16.8. The Morgan fingerprint density at radius 1 is 0.667 bits per heavy atom. The van der Waals surface area contributed by atoms with Gasteiger partial charge in [0.1, 0.15) is 0 Å². The highest BCUT2D eigenvalue weighted by Gasteiger charge is 2.57. The predicted octanol–water partition coefficient (Wildman–Crippen LogP) is 3.80. The van der Waals surface area contributed by atoms with Crippen molar-refractivity contribution in [2.24, 2.45) is 0 Å². The molecular weight excluding hydrogens is 260 g/mol. The van der Waals surface area contributed by atoms with Crippen molar-refractivity contribution in [2.45, 2.75) is 43.7 Å². The van der Waals surface area contributed by atoms with E-state index in [4.69, 9.17) is 9.47 Å². The van der Waals surface area contributed by atoms with Gasteiger partial charge in [0.2, 0.25) is 0 Å². The van der Waals surface area contributed by atoms with Gasteiger partial charge in [0.15, 0.2) is 5.79 Å². The van der Waals surface area contributed by atoms with Crippen molar-refractivity contribution in [3.63, 3.8) is 0 Å². The Balaban J connectivity index is 1.79. The van der Waals surface area contributed by atoms with Crippen LogP contribution in [0.1, 0.15) is 47.9 Å². The Bertz CT molecular complexity index is 626. The van der Waals surface area contributed by atoms with Gasteiger partial charge < -0.3 is 9.47 Å². The molecule has 2 nitrogen and oxygen atoms in total. The fourth-order valence-electron chi connectivity index (χ4n) is 4.53. The van der Waals surface area contributed by atoms with E-state index in [9.17, 15) is 0 Å². The zero-order valence-electron chi connectivity index (χ0n) is 12.2. The van der Waals surface area contributed by atoms with Crippen molar-refractivity contribution in [3.05, 3.63) is 70.8 Å². The molecule has 1 heterocycles. The molecule has 4 aliphatic rings. The Kier molecular flexibility index (Phi) is 2.14. The second-order valence-corrected chi connectivity index (χ2v) is 6.78. The lowest BCUT2D eigenvalue weighted by Gasteiger charge is -2.46. The van der Waals surface area contributed by atoms with Gasteiger partial charge in [-0.2, -0.15) is 0 Å². The summed E-state index contributed by atoms with van der Waals surface area (Å²) < 4.78 is 12.6. The van der Waals surface area contributed by atoms with E-state index in [2.05, 4.69) is 48.5 Å². The number of ether oxygens (including phenoxy) is 2. The molecule has 2 heteroatoms. The molecule has 1 aliphatic heterocycles. The van der Waals surface area contributed by atoms with Crippen LogP contribution in [-0.2, 0) is 9.47 Å². The molecule has 0 N–H and O–H groups in total. The van der Waals surface area contributed by atoms with Gasteiger partial charge in [-0.05, 0) is 36.1 Å². The molecule has 2 bridgehead atoms. The third-order valence-corrected chi connectivity index (χ3v) is 5.15. The summed E-state index contributed by atoms with van der Waals surface area (Å²) in [5, 5.41) is 0. The van der Waals surface area contributed by atoms with Gasteiger partial charge in [-0.25, -0.2) is 0 Å². The highest BCUT2D eigenvalue weighted by molar-refractivity contribution is 5.58. The summed E-state index contributed by atoms with van der Waals surface area (Å²) in [5.74, 6) is 0.110. The molecule has 106 valence electrons. The molecule has 0 radical (unpaired) electrons. The summed E-state index contributed by atoms with van der Waals surface area (Å²) in [6.45, 7) is 4.06. The third kappa shape index (κ3) is 1.44. The largest absolute Gasteiger partial charge is 0.344 e. The van der Waals surface area contributed by atoms with E-state index in [-0.39, 0.29) is 12.2 Å². The monoisotopic (exact) mass is 278 g/mol. The predicted molar refractivity (Wildman–Crippen MR) is 80.4 cm³/mol. The maximum absolute atomic E-state index is 6.28. The van der Waals surface area contributed by atoms with Crippen molar-refractivity contribution >= 4 is 0 Å². The van der Waals surface area contributed by atoms with Crippen molar-refractivity contribution in [3.8, 4) is 0 Å². The zero-order valence-corrected chi connectivity index (χ0v) is 12.2. The highest BCUT2D eigenvalue weighted by Crippen LogP contribution is 2.58. The average molecular weight is 278 g/mol. The molecule has 0 amide bonds. The summed E-state index contributed by atoms with van der Waals surface area (Å²) in [6, 6.07) is 17.6. The Labute approximate surface area is 124 Å². The summed E-state index contributed by atoms with van der Waals surface area (Å²) in [5.41, 5.74) is 5.68. The van der Waals surface area contributed by atoms with E-state index in [1.807, 2.05) is 13.8 Å². The van der Waals surface area contributed by atoms with E-state index < -0.39 is 5.79 Å². The van der Waals surface area contributed by atoms with E-state index in [1.54, 1.807) is 0 Å². The van der Waals surface area contributed by atoms with E-state index in [0.717, 1.165) is 0 Å². The Hall–Kier alpha value is -1.64. The first kappa shape index (κ1) is 12.0. The molecule has 0 spiro atoms. The van der Waals surface area contributed by atoms with Crippen LogP contribution in [0.2, 0.25) is 0 Å². The fraction of sp³-hybridized carbons (Fsp3) is 0.368. The summed E-state index contributed by atoms with van der Waals surface area (Å²) >= 11 is 0. The van der Waals surface area contributed by atoms with Gasteiger partial charge in [-0.1, -0.05) is 48.5 Å². The standard InChI is InChI=1S/C19H18O2/c1-19(2)20-17-15-11-7-3-4-8-12(11)16(18(17)21-19)14-10-6-5-9-13(14)15/h3-10,15-18H,1-2H3/t15?,16?,17-,18+. The molecule has 0 aromatic heterocycles. The van der Waals surface area contributed by atoms with Crippen molar-refractivity contribution in [1.82, 2.24) is 0 Å². The van der Waals surface area contributed by atoms with Gasteiger partial charge in [-0.15, -0.1) is 0 Å². The number of benzene rings is 2. The minimum atomic E-state index is -0.490. The topological polar surface area (TPSA) is 18.5 Å². The second-order valence-electron chi connectivity index (χ2n) is 6.78. The lowest BCUT2D eigenvalue weighted by Crippen LogP contribution is -2.45. The molecule has 1 saturated heterocycles. The smallest absolute Gasteiger partial charge is 0.163 e. The first-order valence-electron chi connectivity index (χ1n) is 7.69. The number of hydrogen-bond acceptors (Lipinski definition) is 2. The van der Waals surface area contributed by atoms with Crippen LogP contribution in [0.25, 0.3) is 0 Å². The summed E-state index contributed by atoms with van der Waals surface area (Å²) in [7, 11) is 0. The molecule has 1 fully saturated rings. The summed E-state index contributed by atoms with van der Waals surface area (Å²) in [6.07, 6.45) is 0.268. The van der Waals surface area contributed by atoms with E-state index >= 15 is 0 Å². The molecule has 0 saturated carbocycles. The molecule has 3 aliphatic carbocycles. The molecule has 2 atom stereocenters. The quantitative estimate of drug-likeness (QED) is 0.730. The second kappa shape index (κ2) is 3.76.